The predicted octanol–water partition coefficient (Wildman–Crippen LogP) is 3.30. The van der Waals surface area contributed by atoms with Crippen LogP contribution in [0.15, 0.2) is 71.9 Å². The zero-order valence-corrected chi connectivity index (χ0v) is 16.4. The summed E-state index contributed by atoms with van der Waals surface area (Å²) in [5.74, 6) is 0.395. The normalized spacial score (nSPS) is 11.1. The Morgan fingerprint density at radius 2 is 2.00 bits per heavy atom. The number of hydrogen-bond acceptors (Lipinski definition) is 6. The van der Waals surface area contributed by atoms with Gasteiger partial charge in [-0.1, -0.05) is 12.1 Å². The number of nitrogens with zero attached hydrogens (tertiary/aromatic N) is 5. The van der Waals surface area contributed by atoms with Crippen molar-refractivity contribution < 1.29 is 9.21 Å². The highest BCUT2D eigenvalue weighted by atomic mass is 16.4. The summed E-state index contributed by atoms with van der Waals surface area (Å²) < 4.78 is 6.92. The number of benzene rings is 1. The van der Waals surface area contributed by atoms with Gasteiger partial charge in [0.15, 0.2) is 0 Å². The summed E-state index contributed by atoms with van der Waals surface area (Å²) in [5, 5.41) is 14.6. The van der Waals surface area contributed by atoms with Crippen LogP contribution < -0.4 is 5.32 Å². The predicted molar refractivity (Wildman–Crippen MR) is 112 cm³/mol. The van der Waals surface area contributed by atoms with Crippen molar-refractivity contribution >= 4 is 17.7 Å². The van der Waals surface area contributed by atoms with Gasteiger partial charge in [-0.15, -0.1) is 10.2 Å². The molecule has 3 heterocycles. The first-order valence-electron chi connectivity index (χ1n) is 9.44. The summed E-state index contributed by atoms with van der Waals surface area (Å²) in [6.45, 7) is 0. The van der Waals surface area contributed by atoms with Crippen LogP contribution in [-0.4, -0.2) is 30.9 Å². The maximum absolute atomic E-state index is 12.4. The van der Waals surface area contributed by atoms with E-state index >= 15 is 0 Å². The molecule has 0 aliphatic carbocycles. The van der Waals surface area contributed by atoms with Crippen LogP contribution in [0.4, 0.5) is 5.69 Å². The molecule has 3 aromatic heterocycles. The van der Waals surface area contributed by atoms with Crippen molar-refractivity contribution in [3.63, 3.8) is 0 Å². The molecule has 0 radical (unpaired) electrons. The summed E-state index contributed by atoms with van der Waals surface area (Å²) in [4.78, 5) is 16.5. The lowest BCUT2D eigenvalue weighted by molar-refractivity contribution is -0.111. The minimum atomic E-state index is -0.214. The molecule has 0 aliphatic rings. The first kappa shape index (κ1) is 19.3. The molecular formula is C22H20N6O2. The van der Waals surface area contributed by atoms with Crippen molar-refractivity contribution in [2.45, 2.75) is 12.8 Å². The maximum atomic E-state index is 12.4. The van der Waals surface area contributed by atoms with E-state index in [4.69, 9.17) is 4.42 Å². The third-order valence-corrected chi connectivity index (χ3v) is 4.62. The molecule has 0 aliphatic heterocycles. The second-order valence-corrected chi connectivity index (χ2v) is 6.65. The highest BCUT2D eigenvalue weighted by Crippen LogP contribution is 2.23. The Morgan fingerprint density at radius 3 is 2.73 bits per heavy atom. The first-order chi connectivity index (χ1) is 14.7. The average molecular weight is 400 g/mol. The van der Waals surface area contributed by atoms with Gasteiger partial charge in [0.25, 0.3) is 0 Å². The largest absolute Gasteiger partial charge is 0.428 e. The van der Waals surface area contributed by atoms with Crippen molar-refractivity contribution in [2.75, 3.05) is 5.32 Å². The van der Waals surface area contributed by atoms with Gasteiger partial charge >= 0.3 is 0 Å². The van der Waals surface area contributed by atoms with Crippen LogP contribution in [0, 0.1) is 0 Å². The number of pyridine rings is 1. The van der Waals surface area contributed by atoms with Gasteiger partial charge in [-0.2, -0.15) is 5.10 Å². The van der Waals surface area contributed by atoms with Crippen molar-refractivity contribution in [3.05, 3.63) is 84.5 Å². The lowest BCUT2D eigenvalue weighted by Gasteiger charge is -2.06. The number of anilines is 1. The van der Waals surface area contributed by atoms with Gasteiger partial charge in [-0.3, -0.25) is 14.5 Å². The molecule has 0 bridgehead atoms. The number of aromatic nitrogens is 5. The van der Waals surface area contributed by atoms with Gasteiger partial charge in [0.1, 0.15) is 0 Å². The minimum absolute atomic E-state index is 0.214. The van der Waals surface area contributed by atoms with Crippen LogP contribution in [0.3, 0.4) is 0 Å². The average Bonchev–Trinajstić information content (AvgIpc) is 3.44. The Kier molecular flexibility index (Phi) is 5.75. The third-order valence-electron chi connectivity index (χ3n) is 4.62. The zero-order chi connectivity index (χ0) is 20.8. The van der Waals surface area contributed by atoms with Crippen LogP contribution in [-0.2, 0) is 24.7 Å². The highest BCUT2D eigenvalue weighted by Gasteiger charge is 2.07. The standard InChI is InChI=1S/C22H20N6O2/c1-28-20(11-13-25-28)19-10-12-23-14-17(19)5-8-21(29)26-18-6-2-16(3-7-18)4-9-22-27-24-15-30-22/h2-3,5-8,10-15H,4,9H2,1H3,(H,26,29)/b8-5+. The van der Waals surface area contributed by atoms with E-state index in [1.807, 2.05) is 43.4 Å². The Labute approximate surface area is 173 Å². The number of aryl methyl sites for hydroxylation is 3. The van der Waals surface area contributed by atoms with Gasteiger partial charge in [-0.05, 0) is 42.3 Å². The number of carbonyl (C=O) groups excluding carboxylic acids is 1. The molecule has 8 heteroatoms. The van der Waals surface area contributed by atoms with Crippen LogP contribution in [0.1, 0.15) is 17.0 Å². The molecule has 0 spiro atoms. The minimum Gasteiger partial charge on any atom is -0.428 e. The molecule has 150 valence electrons. The summed E-state index contributed by atoms with van der Waals surface area (Å²) in [5.41, 5.74) is 4.60. The molecule has 8 nitrogen and oxygen atoms in total. The fraction of sp³-hybridized carbons (Fsp3) is 0.136. The Hall–Kier alpha value is -4.07. The zero-order valence-electron chi connectivity index (χ0n) is 16.4. The molecule has 1 aromatic carbocycles. The summed E-state index contributed by atoms with van der Waals surface area (Å²) in [6, 6.07) is 11.5. The van der Waals surface area contributed by atoms with E-state index in [-0.39, 0.29) is 5.91 Å². The van der Waals surface area contributed by atoms with Crippen molar-refractivity contribution in [2.24, 2.45) is 7.05 Å². The molecule has 0 atom stereocenters. The summed E-state index contributed by atoms with van der Waals surface area (Å²) in [7, 11) is 1.88. The number of carbonyl (C=O) groups is 1. The van der Waals surface area contributed by atoms with Gasteiger partial charge in [0, 0.05) is 54.9 Å². The van der Waals surface area contributed by atoms with Crippen molar-refractivity contribution in [1.82, 2.24) is 25.0 Å². The molecule has 0 saturated heterocycles. The first-order valence-corrected chi connectivity index (χ1v) is 9.44. The second kappa shape index (κ2) is 8.95. The molecule has 1 N–H and O–H groups in total. The number of amides is 1. The summed E-state index contributed by atoms with van der Waals surface area (Å²) in [6.07, 6.45) is 11.2. The molecule has 4 rings (SSSR count). The summed E-state index contributed by atoms with van der Waals surface area (Å²) >= 11 is 0. The molecule has 30 heavy (non-hydrogen) atoms. The highest BCUT2D eigenvalue weighted by molar-refractivity contribution is 6.02. The maximum Gasteiger partial charge on any atom is 0.248 e. The molecule has 0 fully saturated rings. The van der Waals surface area contributed by atoms with E-state index in [9.17, 15) is 4.79 Å². The Balaban J connectivity index is 1.38. The Morgan fingerprint density at radius 1 is 1.13 bits per heavy atom. The van der Waals surface area contributed by atoms with Gasteiger partial charge in [0.2, 0.25) is 18.2 Å². The van der Waals surface area contributed by atoms with Crippen molar-refractivity contribution in [1.29, 1.82) is 0 Å². The third kappa shape index (κ3) is 4.67. The van der Waals surface area contributed by atoms with Gasteiger partial charge < -0.3 is 9.73 Å². The second-order valence-electron chi connectivity index (χ2n) is 6.65. The van der Waals surface area contributed by atoms with Gasteiger partial charge in [-0.25, -0.2) is 0 Å². The SMILES string of the molecule is Cn1nccc1-c1ccncc1/C=C/C(=O)Nc1ccc(CCc2nnco2)cc1. The van der Waals surface area contributed by atoms with E-state index in [0.29, 0.717) is 12.3 Å². The van der Waals surface area contributed by atoms with Crippen LogP contribution in [0.25, 0.3) is 17.3 Å². The molecule has 1 amide bonds. The van der Waals surface area contributed by atoms with E-state index in [2.05, 4.69) is 25.6 Å². The smallest absolute Gasteiger partial charge is 0.248 e. The number of nitrogens with one attached hydrogen (secondary N) is 1. The van der Waals surface area contributed by atoms with E-state index in [1.165, 1.54) is 12.5 Å². The van der Waals surface area contributed by atoms with Crippen LogP contribution >= 0.6 is 0 Å². The fourth-order valence-corrected chi connectivity index (χ4v) is 3.07. The molecule has 0 saturated carbocycles. The van der Waals surface area contributed by atoms with Gasteiger partial charge in [0.05, 0.1) is 5.69 Å². The Bertz CT molecular complexity index is 1150. The monoisotopic (exact) mass is 400 g/mol. The molecule has 4 aromatic rings. The topological polar surface area (TPSA) is 98.7 Å². The lowest BCUT2D eigenvalue weighted by Crippen LogP contribution is -2.07. The lowest BCUT2D eigenvalue weighted by atomic mass is 10.1. The molecular weight excluding hydrogens is 380 g/mol. The van der Waals surface area contributed by atoms with E-state index in [0.717, 1.165) is 34.5 Å². The van der Waals surface area contributed by atoms with E-state index < -0.39 is 0 Å². The number of rotatable bonds is 7. The number of hydrogen-bond donors (Lipinski definition) is 1. The molecule has 0 unspecified atom stereocenters. The quantitative estimate of drug-likeness (QED) is 0.478. The van der Waals surface area contributed by atoms with Crippen LogP contribution in [0.2, 0.25) is 0 Å². The fourth-order valence-electron chi connectivity index (χ4n) is 3.07. The van der Waals surface area contributed by atoms with E-state index in [1.54, 1.807) is 29.3 Å². The van der Waals surface area contributed by atoms with Crippen LogP contribution in [0.5, 0.6) is 0 Å². The van der Waals surface area contributed by atoms with Crippen molar-refractivity contribution in [3.8, 4) is 11.3 Å².